The first-order valence-corrected chi connectivity index (χ1v) is 9.10. The van der Waals surface area contributed by atoms with Crippen LogP contribution in [0, 0.1) is 0 Å². The van der Waals surface area contributed by atoms with Crippen molar-refractivity contribution < 1.29 is 9.47 Å². The van der Waals surface area contributed by atoms with E-state index in [1.54, 1.807) is 14.2 Å². The lowest BCUT2D eigenvalue weighted by Gasteiger charge is -2.18. The van der Waals surface area contributed by atoms with Crippen molar-refractivity contribution in [3.63, 3.8) is 0 Å². The normalized spacial score (nSPS) is 15.6. The molecule has 136 valence electrons. The van der Waals surface area contributed by atoms with E-state index in [2.05, 4.69) is 29.3 Å². The molecule has 2 heterocycles. The number of ether oxygens (including phenoxy) is 2. The average Bonchev–Trinajstić information content (AvgIpc) is 2.74. The van der Waals surface area contributed by atoms with E-state index in [1.807, 2.05) is 36.7 Å². The molecule has 0 spiro atoms. The predicted octanol–water partition coefficient (Wildman–Crippen LogP) is 4.92. The zero-order valence-electron chi connectivity index (χ0n) is 15.6. The first-order valence-electron chi connectivity index (χ1n) is 9.10. The van der Waals surface area contributed by atoms with Crippen LogP contribution in [0.1, 0.15) is 24.0 Å². The Balaban J connectivity index is 1.82. The minimum Gasteiger partial charge on any atom is -0.497 e. The Labute approximate surface area is 159 Å². The molecule has 1 aliphatic rings. The minimum atomic E-state index is 0.782. The Morgan fingerprint density at radius 2 is 1.89 bits per heavy atom. The zero-order valence-corrected chi connectivity index (χ0v) is 15.6. The van der Waals surface area contributed by atoms with Crippen LogP contribution in [0.4, 0.5) is 0 Å². The molecule has 0 N–H and O–H groups in total. The molecule has 0 fully saturated rings. The third kappa shape index (κ3) is 3.43. The molecule has 0 saturated carbocycles. The van der Waals surface area contributed by atoms with Crippen LogP contribution in [0.25, 0.3) is 16.8 Å². The molecule has 0 radical (unpaired) electrons. The molecule has 4 nitrogen and oxygen atoms in total. The van der Waals surface area contributed by atoms with Crippen molar-refractivity contribution in [2.24, 2.45) is 4.99 Å². The molecule has 4 heteroatoms. The lowest BCUT2D eigenvalue weighted by molar-refractivity contribution is 0.393. The molecule has 3 aromatic rings. The highest BCUT2D eigenvalue weighted by molar-refractivity contribution is 6.21. The van der Waals surface area contributed by atoms with Crippen LogP contribution < -0.4 is 9.47 Å². The van der Waals surface area contributed by atoms with Crippen LogP contribution in [-0.2, 0) is 0 Å². The second kappa shape index (κ2) is 7.62. The summed E-state index contributed by atoms with van der Waals surface area (Å²) in [6.45, 7) is 0.843. The van der Waals surface area contributed by atoms with Gasteiger partial charge in [-0.3, -0.25) is 9.98 Å². The van der Waals surface area contributed by atoms with E-state index in [0.717, 1.165) is 53.1 Å². The van der Waals surface area contributed by atoms with Gasteiger partial charge in [-0.25, -0.2) is 0 Å². The fourth-order valence-electron chi connectivity index (χ4n) is 3.51. The lowest BCUT2D eigenvalue weighted by atomic mass is 9.92. The molecule has 4 rings (SSSR count). The number of pyridine rings is 1. The fraction of sp³-hybridized carbons (Fsp3) is 0.217. The van der Waals surface area contributed by atoms with Gasteiger partial charge in [0.05, 0.1) is 19.9 Å². The fourth-order valence-corrected chi connectivity index (χ4v) is 3.51. The molecular formula is C23H22N2O2. The van der Waals surface area contributed by atoms with Gasteiger partial charge in [0.1, 0.15) is 11.5 Å². The van der Waals surface area contributed by atoms with Gasteiger partial charge in [-0.2, -0.15) is 0 Å². The van der Waals surface area contributed by atoms with Crippen molar-refractivity contribution in [1.82, 2.24) is 4.98 Å². The predicted molar refractivity (Wildman–Crippen MR) is 110 cm³/mol. The summed E-state index contributed by atoms with van der Waals surface area (Å²) in [5.41, 5.74) is 4.36. The largest absolute Gasteiger partial charge is 0.497 e. The highest BCUT2D eigenvalue weighted by atomic mass is 16.5. The average molecular weight is 358 g/mol. The second-order valence-electron chi connectivity index (χ2n) is 6.52. The van der Waals surface area contributed by atoms with E-state index < -0.39 is 0 Å². The van der Waals surface area contributed by atoms with E-state index in [4.69, 9.17) is 14.5 Å². The topological polar surface area (TPSA) is 43.7 Å². The molecule has 0 bridgehead atoms. The van der Waals surface area contributed by atoms with Gasteiger partial charge >= 0.3 is 0 Å². The number of methoxy groups -OCH3 is 2. The van der Waals surface area contributed by atoms with Gasteiger partial charge in [0.25, 0.3) is 0 Å². The number of benzene rings is 2. The third-order valence-corrected chi connectivity index (χ3v) is 4.87. The molecule has 0 amide bonds. The van der Waals surface area contributed by atoms with Crippen molar-refractivity contribution in [3.8, 4) is 11.5 Å². The number of fused-ring (bicyclic) bond motifs is 1. The molecular weight excluding hydrogens is 336 g/mol. The van der Waals surface area contributed by atoms with E-state index in [1.165, 1.54) is 11.0 Å². The van der Waals surface area contributed by atoms with Crippen LogP contribution in [-0.4, -0.2) is 31.5 Å². The summed E-state index contributed by atoms with van der Waals surface area (Å²) in [4.78, 5) is 9.30. The highest BCUT2D eigenvalue weighted by Crippen LogP contribution is 2.30. The summed E-state index contributed by atoms with van der Waals surface area (Å²) < 4.78 is 10.9. The van der Waals surface area contributed by atoms with Crippen LogP contribution in [0.15, 0.2) is 65.4 Å². The Bertz CT molecular complexity index is 1030. The number of nitrogens with zero attached hydrogens (tertiary/aromatic N) is 2. The maximum atomic E-state index is 5.56. The monoisotopic (exact) mass is 358 g/mol. The molecule has 1 aliphatic heterocycles. The standard InChI is InChI=1S/C23H22N2O2/c1-26-19-10-9-16(22(13-19)27-2)12-17-7-5-11-25-23(17)21-15-24-14-18-6-3-4-8-20(18)21/h3-4,6,8-10,12-15H,5,7,11H2,1-2H3. The van der Waals surface area contributed by atoms with Crippen molar-refractivity contribution in [3.05, 3.63) is 71.6 Å². The summed E-state index contributed by atoms with van der Waals surface area (Å²) in [7, 11) is 3.34. The highest BCUT2D eigenvalue weighted by Gasteiger charge is 2.17. The summed E-state index contributed by atoms with van der Waals surface area (Å²) in [5, 5.41) is 2.31. The van der Waals surface area contributed by atoms with Gasteiger partial charge in [-0.05, 0) is 42.0 Å². The molecule has 2 aromatic carbocycles. The van der Waals surface area contributed by atoms with Gasteiger partial charge in [0, 0.05) is 41.5 Å². The summed E-state index contributed by atoms with van der Waals surface area (Å²) in [6.07, 6.45) is 8.03. The smallest absolute Gasteiger partial charge is 0.129 e. The number of hydrogen-bond acceptors (Lipinski definition) is 4. The molecule has 0 atom stereocenters. The molecule has 27 heavy (non-hydrogen) atoms. The van der Waals surface area contributed by atoms with Gasteiger partial charge in [-0.15, -0.1) is 0 Å². The number of aliphatic imine (C=N–C) groups is 1. The quantitative estimate of drug-likeness (QED) is 0.665. The maximum Gasteiger partial charge on any atom is 0.129 e. The van der Waals surface area contributed by atoms with Gasteiger partial charge < -0.3 is 9.47 Å². The van der Waals surface area contributed by atoms with Crippen molar-refractivity contribution in [2.75, 3.05) is 20.8 Å². The Hall–Kier alpha value is -3.14. The lowest BCUT2D eigenvalue weighted by Crippen LogP contribution is -2.12. The van der Waals surface area contributed by atoms with Crippen molar-refractivity contribution in [2.45, 2.75) is 12.8 Å². The first kappa shape index (κ1) is 17.3. The first-order chi connectivity index (χ1) is 13.3. The van der Waals surface area contributed by atoms with Crippen molar-refractivity contribution in [1.29, 1.82) is 0 Å². The number of hydrogen-bond donors (Lipinski definition) is 0. The Kier molecular flexibility index (Phi) is 4.88. The molecule has 0 aliphatic carbocycles. The van der Waals surface area contributed by atoms with Crippen LogP contribution >= 0.6 is 0 Å². The van der Waals surface area contributed by atoms with Gasteiger partial charge in [-0.1, -0.05) is 24.3 Å². The van der Waals surface area contributed by atoms with Crippen LogP contribution in [0.2, 0.25) is 0 Å². The Morgan fingerprint density at radius 1 is 1.00 bits per heavy atom. The van der Waals surface area contributed by atoms with Gasteiger partial charge in [0.15, 0.2) is 0 Å². The van der Waals surface area contributed by atoms with E-state index in [0.29, 0.717) is 0 Å². The number of rotatable bonds is 4. The van der Waals surface area contributed by atoms with E-state index >= 15 is 0 Å². The SMILES string of the molecule is COc1ccc(C=C2CCCN=C2c2cncc3ccccc23)c(OC)c1. The van der Waals surface area contributed by atoms with E-state index in [-0.39, 0.29) is 0 Å². The summed E-state index contributed by atoms with van der Waals surface area (Å²) in [5.74, 6) is 1.58. The Morgan fingerprint density at radius 3 is 2.74 bits per heavy atom. The second-order valence-corrected chi connectivity index (χ2v) is 6.52. The summed E-state index contributed by atoms with van der Waals surface area (Å²) in [6, 6.07) is 14.2. The maximum absolute atomic E-state index is 5.56. The molecule has 0 unspecified atom stereocenters. The van der Waals surface area contributed by atoms with Crippen molar-refractivity contribution >= 4 is 22.6 Å². The third-order valence-electron chi connectivity index (χ3n) is 4.87. The van der Waals surface area contributed by atoms with Gasteiger partial charge in [0.2, 0.25) is 0 Å². The number of allylic oxidation sites excluding steroid dienone is 1. The minimum absolute atomic E-state index is 0.782. The van der Waals surface area contributed by atoms with Crippen LogP contribution in [0.5, 0.6) is 11.5 Å². The summed E-state index contributed by atoms with van der Waals surface area (Å²) >= 11 is 0. The molecule has 0 saturated heterocycles. The van der Waals surface area contributed by atoms with E-state index in [9.17, 15) is 0 Å². The zero-order chi connectivity index (χ0) is 18.6. The van der Waals surface area contributed by atoms with Crippen LogP contribution in [0.3, 0.4) is 0 Å². The molecule has 1 aromatic heterocycles. The number of aromatic nitrogens is 1.